The van der Waals surface area contributed by atoms with Gasteiger partial charge in [0.25, 0.3) is 0 Å². The number of benzene rings is 1. The maximum absolute atomic E-state index is 11.3. The number of hydrogen-bond donors (Lipinski definition) is 2. The summed E-state index contributed by atoms with van der Waals surface area (Å²) >= 11 is 4.11. The Morgan fingerprint density at radius 1 is 1.42 bits per heavy atom. The predicted octanol–water partition coefficient (Wildman–Crippen LogP) is 1.84. The number of carbonyl (C=O) groups is 1. The number of para-hydroxylation sites is 1. The third-order valence-electron chi connectivity index (χ3n) is 3.01. The number of thiol groups is 1. The number of rotatable bonds is 5. The lowest BCUT2D eigenvalue weighted by molar-refractivity contribution is -0.138. The molecule has 1 unspecified atom stereocenters. The molecule has 1 aromatic heterocycles. The van der Waals surface area contributed by atoms with E-state index in [1.807, 2.05) is 24.3 Å². The van der Waals surface area contributed by atoms with Gasteiger partial charge in [0.1, 0.15) is 18.2 Å². The molecule has 0 amide bonds. The van der Waals surface area contributed by atoms with Gasteiger partial charge in [-0.05, 0) is 24.3 Å². The van der Waals surface area contributed by atoms with Crippen LogP contribution < -0.4 is 4.90 Å². The number of hydrogen-bond acceptors (Lipinski definition) is 5. The first-order valence-corrected chi connectivity index (χ1v) is 6.54. The number of aromatic nitrogens is 2. The maximum Gasteiger partial charge on any atom is 0.326 e. The minimum Gasteiger partial charge on any atom is -0.480 e. The van der Waals surface area contributed by atoms with E-state index < -0.39 is 12.0 Å². The lowest BCUT2D eigenvalue weighted by Crippen LogP contribution is -2.39. The number of anilines is 1. The van der Waals surface area contributed by atoms with E-state index in [-0.39, 0.29) is 0 Å². The van der Waals surface area contributed by atoms with Crippen LogP contribution in [-0.4, -0.2) is 39.9 Å². The van der Waals surface area contributed by atoms with E-state index in [0.717, 1.165) is 10.9 Å². The minimum atomic E-state index is -0.876. The molecule has 0 fully saturated rings. The average molecular weight is 277 g/mol. The van der Waals surface area contributed by atoms with Crippen molar-refractivity contribution in [2.24, 2.45) is 0 Å². The molecule has 1 N–H and O–H groups in total. The summed E-state index contributed by atoms with van der Waals surface area (Å²) in [5.74, 6) is 0.253. The van der Waals surface area contributed by atoms with Crippen molar-refractivity contribution in [1.82, 2.24) is 9.97 Å². The van der Waals surface area contributed by atoms with Gasteiger partial charge in [-0.15, -0.1) is 0 Å². The van der Waals surface area contributed by atoms with Gasteiger partial charge in [-0.3, -0.25) is 0 Å². The molecule has 5 nitrogen and oxygen atoms in total. The number of likely N-dealkylation sites (N-methyl/N-ethyl adjacent to an activating group) is 1. The second-order valence-electron chi connectivity index (χ2n) is 4.19. The number of nitrogens with zero attached hydrogens (tertiary/aromatic N) is 3. The van der Waals surface area contributed by atoms with Crippen LogP contribution in [0.4, 0.5) is 5.82 Å². The van der Waals surface area contributed by atoms with Crippen molar-refractivity contribution in [3.8, 4) is 0 Å². The van der Waals surface area contributed by atoms with Gasteiger partial charge < -0.3 is 10.0 Å². The summed E-state index contributed by atoms with van der Waals surface area (Å²) in [5.41, 5.74) is 0.800. The zero-order chi connectivity index (χ0) is 13.8. The van der Waals surface area contributed by atoms with E-state index in [9.17, 15) is 9.90 Å². The summed E-state index contributed by atoms with van der Waals surface area (Å²) in [6, 6.07) is 6.90. The highest BCUT2D eigenvalue weighted by atomic mass is 32.1. The maximum atomic E-state index is 11.3. The summed E-state index contributed by atoms with van der Waals surface area (Å²) in [5, 5.41) is 10.1. The van der Waals surface area contributed by atoms with Gasteiger partial charge in [0.2, 0.25) is 0 Å². The highest BCUT2D eigenvalue weighted by molar-refractivity contribution is 7.80. The van der Waals surface area contributed by atoms with Crippen molar-refractivity contribution < 1.29 is 9.90 Å². The minimum absolute atomic E-state index is 0.452. The fraction of sp³-hybridized carbons (Fsp3) is 0.308. The molecular weight excluding hydrogens is 262 g/mol. The smallest absolute Gasteiger partial charge is 0.326 e. The summed E-state index contributed by atoms with van der Waals surface area (Å²) < 4.78 is 0. The number of carboxylic acid groups (broad SMARTS) is 1. The van der Waals surface area contributed by atoms with Crippen LogP contribution in [0.1, 0.15) is 6.42 Å². The summed E-state index contributed by atoms with van der Waals surface area (Å²) in [6.07, 6.45) is 1.90. The highest BCUT2D eigenvalue weighted by Gasteiger charge is 2.24. The van der Waals surface area contributed by atoms with Gasteiger partial charge in [0.15, 0.2) is 0 Å². The number of fused-ring (bicyclic) bond motifs is 1. The molecule has 1 aromatic carbocycles. The van der Waals surface area contributed by atoms with Crippen molar-refractivity contribution >= 4 is 35.3 Å². The van der Waals surface area contributed by atoms with E-state index in [2.05, 4.69) is 22.6 Å². The molecule has 0 bridgehead atoms. The molecule has 6 heteroatoms. The third kappa shape index (κ3) is 2.78. The van der Waals surface area contributed by atoms with Crippen molar-refractivity contribution in [2.75, 3.05) is 17.7 Å². The van der Waals surface area contributed by atoms with Crippen LogP contribution in [0.5, 0.6) is 0 Å². The Hall–Kier alpha value is -1.82. The van der Waals surface area contributed by atoms with E-state index in [0.29, 0.717) is 18.0 Å². The standard InChI is InChI=1S/C13H15N3O2S/c1-16(11(6-7-19)13(17)18)12-9-4-2-3-5-10(9)14-8-15-12/h2-5,8,11,19H,6-7H2,1H3,(H,17,18). The Bertz CT molecular complexity index is 586. The van der Waals surface area contributed by atoms with Crippen LogP contribution in [0.2, 0.25) is 0 Å². The molecule has 0 saturated heterocycles. The van der Waals surface area contributed by atoms with E-state index in [1.54, 1.807) is 11.9 Å². The fourth-order valence-electron chi connectivity index (χ4n) is 2.02. The number of aliphatic carboxylic acids is 1. The SMILES string of the molecule is CN(c1ncnc2ccccc12)C(CCS)C(=O)O. The second kappa shape index (κ2) is 5.88. The Morgan fingerprint density at radius 2 is 2.16 bits per heavy atom. The summed E-state index contributed by atoms with van der Waals surface area (Å²) in [4.78, 5) is 21.4. The molecule has 100 valence electrons. The zero-order valence-electron chi connectivity index (χ0n) is 10.5. The molecule has 19 heavy (non-hydrogen) atoms. The van der Waals surface area contributed by atoms with Gasteiger partial charge in [-0.25, -0.2) is 14.8 Å². The lowest BCUT2D eigenvalue weighted by atomic mass is 10.1. The lowest BCUT2D eigenvalue weighted by Gasteiger charge is -2.26. The molecule has 0 saturated carbocycles. The molecule has 2 rings (SSSR count). The van der Waals surface area contributed by atoms with Crippen LogP contribution in [0.15, 0.2) is 30.6 Å². The van der Waals surface area contributed by atoms with Crippen LogP contribution in [0.25, 0.3) is 10.9 Å². The van der Waals surface area contributed by atoms with E-state index >= 15 is 0 Å². The van der Waals surface area contributed by atoms with Gasteiger partial charge in [-0.2, -0.15) is 12.6 Å². The largest absolute Gasteiger partial charge is 0.480 e. The van der Waals surface area contributed by atoms with Gasteiger partial charge in [0, 0.05) is 12.4 Å². The van der Waals surface area contributed by atoms with E-state index in [1.165, 1.54) is 6.33 Å². The van der Waals surface area contributed by atoms with Crippen molar-refractivity contribution in [3.05, 3.63) is 30.6 Å². The molecule has 2 aromatic rings. The van der Waals surface area contributed by atoms with Crippen LogP contribution >= 0.6 is 12.6 Å². The van der Waals surface area contributed by atoms with Crippen LogP contribution in [0.3, 0.4) is 0 Å². The molecule has 0 aliphatic heterocycles. The fourth-order valence-corrected chi connectivity index (χ4v) is 2.27. The third-order valence-corrected chi connectivity index (χ3v) is 3.27. The van der Waals surface area contributed by atoms with Crippen molar-refractivity contribution in [1.29, 1.82) is 0 Å². The Morgan fingerprint density at radius 3 is 2.84 bits per heavy atom. The normalized spacial score (nSPS) is 12.3. The Labute approximate surface area is 116 Å². The first-order valence-electron chi connectivity index (χ1n) is 5.91. The molecular formula is C13H15N3O2S. The van der Waals surface area contributed by atoms with Crippen molar-refractivity contribution in [2.45, 2.75) is 12.5 Å². The highest BCUT2D eigenvalue weighted by Crippen LogP contribution is 2.23. The zero-order valence-corrected chi connectivity index (χ0v) is 11.4. The summed E-state index contributed by atoms with van der Waals surface area (Å²) in [6.45, 7) is 0. The van der Waals surface area contributed by atoms with Crippen molar-refractivity contribution in [3.63, 3.8) is 0 Å². The molecule has 0 aliphatic carbocycles. The van der Waals surface area contributed by atoms with Gasteiger partial charge in [0.05, 0.1) is 5.52 Å². The number of carboxylic acids is 1. The Balaban J connectivity index is 2.45. The van der Waals surface area contributed by atoms with E-state index in [4.69, 9.17) is 0 Å². The predicted molar refractivity (Wildman–Crippen MR) is 77.8 cm³/mol. The van der Waals surface area contributed by atoms with Crippen LogP contribution in [-0.2, 0) is 4.79 Å². The van der Waals surface area contributed by atoms with Crippen LogP contribution in [0, 0.1) is 0 Å². The first kappa shape index (κ1) is 13.6. The topological polar surface area (TPSA) is 66.3 Å². The first-order chi connectivity index (χ1) is 9.15. The molecule has 0 aliphatic rings. The second-order valence-corrected chi connectivity index (χ2v) is 4.64. The van der Waals surface area contributed by atoms with Gasteiger partial charge >= 0.3 is 5.97 Å². The molecule has 0 spiro atoms. The summed E-state index contributed by atoms with van der Waals surface area (Å²) in [7, 11) is 1.73. The molecule has 1 atom stereocenters. The quantitative estimate of drug-likeness (QED) is 0.816. The Kier molecular flexibility index (Phi) is 4.21. The molecule has 1 heterocycles. The average Bonchev–Trinajstić information content (AvgIpc) is 2.43. The monoisotopic (exact) mass is 277 g/mol. The molecule has 0 radical (unpaired) electrons. The van der Waals surface area contributed by atoms with Gasteiger partial charge in [-0.1, -0.05) is 12.1 Å².